The zero-order chi connectivity index (χ0) is 11.1. The van der Waals surface area contributed by atoms with E-state index in [0.717, 1.165) is 0 Å². The molecular weight excluding hydrogens is 192 g/mol. The second-order valence-electron chi connectivity index (χ2n) is 5.00. The van der Waals surface area contributed by atoms with Gasteiger partial charge in [0.05, 0.1) is 0 Å². The van der Waals surface area contributed by atoms with E-state index < -0.39 is 0 Å². The summed E-state index contributed by atoms with van der Waals surface area (Å²) in [6, 6.07) is 0. The SMILES string of the molecule is C1=CCCC(C2=CCCCCCC2)=CCC1. The first-order valence-corrected chi connectivity index (χ1v) is 7.00. The first-order chi connectivity index (χ1) is 7.97. The summed E-state index contributed by atoms with van der Waals surface area (Å²) in [4.78, 5) is 0. The highest BCUT2D eigenvalue weighted by molar-refractivity contribution is 5.32. The van der Waals surface area contributed by atoms with Gasteiger partial charge in [-0.2, -0.15) is 0 Å². The topological polar surface area (TPSA) is 0 Å². The van der Waals surface area contributed by atoms with Gasteiger partial charge in [0.15, 0.2) is 0 Å². The molecule has 0 amide bonds. The van der Waals surface area contributed by atoms with Crippen molar-refractivity contribution in [1.82, 2.24) is 0 Å². The summed E-state index contributed by atoms with van der Waals surface area (Å²) in [5.74, 6) is 0. The molecule has 0 bridgehead atoms. The van der Waals surface area contributed by atoms with Crippen LogP contribution in [0.25, 0.3) is 0 Å². The van der Waals surface area contributed by atoms with Crippen molar-refractivity contribution in [2.75, 3.05) is 0 Å². The second kappa shape index (κ2) is 6.73. The standard InChI is InChI=1S/C16H24/c1-3-7-11-15(12-8-4-1)16-13-9-5-2-6-10-14-16/h1,3,12-13H,2,4-11,14H2. The third-order valence-corrected chi connectivity index (χ3v) is 3.67. The summed E-state index contributed by atoms with van der Waals surface area (Å²) in [5, 5.41) is 0. The molecule has 0 atom stereocenters. The third kappa shape index (κ3) is 3.66. The zero-order valence-electron chi connectivity index (χ0n) is 10.4. The molecule has 0 N–H and O–H groups in total. The van der Waals surface area contributed by atoms with Crippen LogP contribution in [-0.4, -0.2) is 0 Å². The van der Waals surface area contributed by atoms with E-state index in [1.165, 1.54) is 64.2 Å². The molecule has 16 heavy (non-hydrogen) atoms. The molecule has 0 radical (unpaired) electrons. The number of hydrogen-bond acceptors (Lipinski definition) is 0. The smallest absolute Gasteiger partial charge is 0.0245 e. The van der Waals surface area contributed by atoms with Gasteiger partial charge >= 0.3 is 0 Å². The third-order valence-electron chi connectivity index (χ3n) is 3.67. The average molecular weight is 216 g/mol. The van der Waals surface area contributed by atoms with Gasteiger partial charge < -0.3 is 0 Å². The van der Waals surface area contributed by atoms with Crippen LogP contribution in [0.4, 0.5) is 0 Å². The van der Waals surface area contributed by atoms with E-state index in [-0.39, 0.29) is 0 Å². The minimum atomic E-state index is 1.23. The maximum atomic E-state index is 2.52. The Bertz CT molecular complexity index is 285. The summed E-state index contributed by atoms with van der Waals surface area (Å²) in [5.41, 5.74) is 3.33. The molecule has 0 unspecified atom stereocenters. The molecule has 0 spiro atoms. The molecule has 0 fully saturated rings. The Balaban J connectivity index is 2.02. The van der Waals surface area contributed by atoms with Crippen LogP contribution in [0.3, 0.4) is 0 Å². The highest BCUT2D eigenvalue weighted by Crippen LogP contribution is 2.27. The lowest BCUT2D eigenvalue weighted by Crippen LogP contribution is -1.96. The Hall–Kier alpha value is -0.780. The van der Waals surface area contributed by atoms with Gasteiger partial charge in [0.25, 0.3) is 0 Å². The summed E-state index contributed by atoms with van der Waals surface area (Å²) in [7, 11) is 0. The van der Waals surface area contributed by atoms with E-state index in [1.807, 2.05) is 0 Å². The maximum absolute atomic E-state index is 2.52. The lowest BCUT2D eigenvalue weighted by Gasteiger charge is -2.15. The van der Waals surface area contributed by atoms with Crippen molar-refractivity contribution in [1.29, 1.82) is 0 Å². The molecule has 0 nitrogen and oxygen atoms in total. The van der Waals surface area contributed by atoms with E-state index in [1.54, 1.807) is 11.1 Å². The van der Waals surface area contributed by atoms with Crippen molar-refractivity contribution in [3.63, 3.8) is 0 Å². The molecule has 2 rings (SSSR count). The molecule has 88 valence electrons. The van der Waals surface area contributed by atoms with Crippen LogP contribution >= 0.6 is 0 Å². The Kier molecular flexibility index (Phi) is 4.92. The monoisotopic (exact) mass is 216 g/mol. The fourth-order valence-electron chi connectivity index (χ4n) is 2.71. The average Bonchev–Trinajstić information content (AvgIpc) is 2.18. The van der Waals surface area contributed by atoms with E-state index in [4.69, 9.17) is 0 Å². The van der Waals surface area contributed by atoms with Crippen LogP contribution in [0.15, 0.2) is 35.5 Å². The normalized spacial score (nSPS) is 23.5. The summed E-state index contributed by atoms with van der Waals surface area (Å²) in [6.07, 6.45) is 23.0. The van der Waals surface area contributed by atoms with Gasteiger partial charge in [0.2, 0.25) is 0 Å². The van der Waals surface area contributed by atoms with Crippen molar-refractivity contribution in [3.05, 3.63) is 35.5 Å². The fraction of sp³-hybridized carbons (Fsp3) is 0.625. The van der Waals surface area contributed by atoms with Crippen LogP contribution < -0.4 is 0 Å². The Morgan fingerprint density at radius 3 is 2.31 bits per heavy atom. The maximum Gasteiger partial charge on any atom is -0.0245 e. The predicted molar refractivity (Wildman–Crippen MR) is 71.5 cm³/mol. The van der Waals surface area contributed by atoms with Crippen molar-refractivity contribution < 1.29 is 0 Å². The highest BCUT2D eigenvalue weighted by atomic mass is 14.1. The van der Waals surface area contributed by atoms with Crippen LogP contribution in [0, 0.1) is 0 Å². The molecule has 2 aliphatic rings. The molecule has 0 saturated heterocycles. The van der Waals surface area contributed by atoms with Gasteiger partial charge in [-0.05, 0) is 62.5 Å². The Morgan fingerprint density at radius 2 is 1.31 bits per heavy atom. The first-order valence-electron chi connectivity index (χ1n) is 7.00. The van der Waals surface area contributed by atoms with E-state index in [9.17, 15) is 0 Å². The van der Waals surface area contributed by atoms with Crippen LogP contribution in [-0.2, 0) is 0 Å². The number of allylic oxidation sites excluding steroid dienone is 6. The molecule has 0 aromatic carbocycles. The van der Waals surface area contributed by atoms with Crippen LogP contribution in [0.1, 0.15) is 64.2 Å². The van der Waals surface area contributed by atoms with Gasteiger partial charge in [-0.3, -0.25) is 0 Å². The molecule has 0 heterocycles. The molecular formula is C16H24. The fourth-order valence-corrected chi connectivity index (χ4v) is 2.71. The predicted octanol–water partition coefficient (Wildman–Crippen LogP) is 5.32. The molecule has 0 aromatic rings. The van der Waals surface area contributed by atoms with Crippen LogP contribution in [0.5, 0.6) is 0 Å². The zero-order valence-corrected chi connectivity index (χ0v) is 10.4. The van der Waals surface area contributed by atoms with Gasteiger partial charge in [-0.1, -0.05) is 37.1 Å². The largest absolute Gasteiger partial charge is 0.0882 e. The number of rotatable bonds is 1. The van der Waals surface area contributed by atoms with E-state index in [2.05, 4.69) is 24.3 Å². The Morgan fingerprint density at radius 1 is 0.562 bits per heavy atom. The minimum absolute atomic E-state index is 1.23. The Labute approximate surface area is 100 Å². The lowest BCUT2D eigenvalue weighted by atomic mass is 9.90. The van der Waals surface area contributed by atoms with Crippen LogP contribution in [0.2, 0.25) is 0 Å². The molecule has 0 heteroatoms. The van der Waals surface area contributed by atoms with E-state index in [0.29, 0.717) is 0 Å². The second-order valence-corrected chi connectivity index (χ2v) is 5.00. The van der Waals surface area contributed by atoms with Crippen molar-refractivity contribution >= 4 is 0 Å². The summed E-state index contributed by atoms with van der Waals surface area (Å²) in [6.45, 7) is 0. The summed E-state index contributed by atoms with van der Waals surface area (Å²) >= 11 is 0. The van der Waals surface area contributed by atoms with Gasteiger partial charge in [0, 0.05) is 0 Å². The van der Waals surface area contributed by atoms with Gasteiger partial charge in [-0.25, -0.2) is 0 Å². The summed E-state index contributed by atoms with van der Waals surface area (Å²) < 4.78 is 0. The van der Waals surface area contributed by atoms with E-state index >= 15 is 0 Å². The molecule has 0 aromatic heterocycles. The van der Waals surface area contributed by atoms with Crippen molar-refractivity contribution in [3.8, 4) is 0 Å². The van der Waals surface area contributed by atoms with Gasteiger partial charge in [0.1, 0.15) is 0 Å². The lowest BCUT2D eigenvalue weighted by molar-refractivity contribution is 0.624. The minimum Gasteiger partial charge on any atom is -0.0882 e. The quantitative estimate of drug-likeness (QED) is 0.520. The van der Waals surface area contributed by atoms with Crippen molar-refractivity contribution in [2.45, 2.75) is 64.2 Å². The molecule has 0 saturated carbocycles. The molecule has 2 aliphatic carbocycles. The first kappa shape index (κ1) is 11.7. The van der Waals surface area contributed by atoms with Gasteiger partial charge in [-0.15, -0.1) is 0 Å². The molecule has 0 aliphatic heterocycles. The number of hydrogen-bond donors (Lipinski definition) is 0. The highest BCUT2D eigenvalue weighted by Gasteiger charge is 2.07. The van der Waals surface area contributed by atoms with Crippen molar-refractivity contribution in [2.24, 2.45) is 0 Å².